The van der Waals surface area contributed by atoms with Crippen LogP contribution in [0.15, 0.2) is 70.2 Å². The first-order chi connectivity index (χ1) is 13.4. The van der Waals surface area contributed by atoms with Crippen molar-refractivity contribution in [3.63, 3.8) is 0 Å². The van der Waals surface area contributed by atoms with E-state index >= 15 is 0 Å². The van der Waals surface area contributed by atoms with Gasteiger partial charge in [-0.3, -0.25) is 9.71 Å². The average molecular weight is 402 g/mol. The number of pyridine rings is 1. The molecule has 0 aliphatic rings. The number of anilines is 1. The van der Waals surface area contributed by atoms with Gasteiger partial charge in [0.1, 0.15) is 0 Å². The molecule has 2 heterocycles. The van der Waals surface area contributed by atoms with Crippen molar-refractivity contribution in [2.45, 2.75) is 11.3 Å². The van der Waals surface area contributed by atoms with Gasteiger partial charge < -0.3 is 4.52 Å². The molecule has 0 spiro atoms. The van der Waals surface area contributed by atoms with Crippen LogP contribution < -0.4 is 4.72 Å². The molecule has 4 aromatic rings. The zero-order valence-electron chi connectivity index (χ0n) is 14.1. The molecule has 10 heteroatoms. The highest BCUT2D eigenvalue weighted by molar-refractivity contribution is 7.93. The fraction of sp³-hybridized carbons (Fsp3) is 0.0556. The summed E-state index contributed by atoms with van der Waals surface area (Å²) in [6, 6.07) is 14.1. The molecule has 28 heavy (non-hydrogen) atoms. The number of rotatable bonds is 5. The summed E-state index contributed by atoms with van der Waals surface area (Å²) in [5.74, 6) is -0.783. The summed E-state index contributed by atoms with van der Waals surface area (Å²) in [7, 11) is -3.86. The van der Waals surface area contributed by atoms with Crippen LogP contribution in [0.3, 0.4) is 0 Å². The molecule has 2 aromatic heterocycles. The molecule has 0 radical (unpaired) electrons. The lowest BCUT2D eigenvalue weighted by molar-refractivity contribution is 0.106. The first-order valence-electron chi connectivity index (χ1n) is 8.03. The third-order valence-electron chi connectivity index (χ3n) is 3.92. The standard InChI is InChI=1S/C18H12F2N4O3S/c19-16(20)18-22-17(23-27-18)11-6-8-12(9-7-11)24-28(25,26)15-5-1-4-14-13(15)3-2-10-21-14/h1-10,16,24H. The zero-order valence-corrected chi connectivity index (χ0v) is 14.9. The highest BCUT2D eigenvalue weighted by Crippen LogP contribution is 2.26. The van der Waals surface area contributed by atoms with Gasteiger partial charge in [0.15, 0.2) is 0 Å². The largest absolute Gasteiger partial charge is 0.333 e. The van der Waals surface area contributed by atoms with Gasteiger partial charge in [-0.25, -0.2) is 8.42 Å². The highest BCUT2D eigenvalue weighted by Gasteiger charge is 2.19. The maximum atomic E-state index is 12.8. The second-order valence-electron chi connectivity index (χ2n) is 5.77. The Labute approximate surface area is 158 Å². The summed E-state index contributed by atoms with van der Waals surface area (Å²) < 4.78 is 57.6. The first kappa shape index (κ1) is 18.0. The number of aromatic nitrogens is 3. The lowest BCUT2D eigenvalue weighted by Gasteiger charge is -2.10. The van der Waals surface area contributed by atoms with Crippen molar-refractivity contribution >= 4 is 26.6 Å². The molecule has 0 aliphatic heterocycles. The maximum absolute atomic E-state index is 12.8. The number of nitrogens with one attached hydrogen (secondary N) is 1. The Kier molecular flexibility index (Phi) is 4.47. The highest BCUT2D eigenvalue weighted by atomic mass is 32.2. The van der Waals surface area contributed by atoms with Crippen LogP contribution in [0.25, 0.3) is 22.3 Å². The number of nitrogens with zero attached hydrogens (tertiary/aromatic N) is 3. The molecule has 0 aliphatic carbocycles. The quantitative estimate of drug-likeness (QED) is 0.541. The SMILES string of the molecule is O=S(=O)(Nc1ccc(-c2noc(C(F)F)n2)cc1)c1cccc2ncccc12. The zero-order chi connectivity index (χ0) is 19.7. The summed E-state index contributed by atoms with van der Waals surface area (Å²) in [5, 5.41) is 3.98. The van der Waals surface area contributed by atoms with Gasteiger partial charge in [0.05, 0.1) is 10.4 Å². The van der Waals surface area contributed by atoms with Gasteiger partial charge in [-0.05, 0) is 48.5 Å². The number of fused-ring (bicyclic) bond motifs is 1. The van der Waals surface area contributed by atoms with Gasteiger partial charge in [0.25, 0.3) is 15.9 Å². The van der Waals surface area contributed by atoms with Gasteiger partial charge in [0.2, 0.25) is 5.82 Å². The van der Waals surface area contributed by atoms with E-state index in [0.29, 0.717) is 22.2 Å². The molecule has 2 aromatic carbocycles. The monoisotopic (exact) mass is 402 g/mol. The van der Waals surface area contributed by atoms with Crippen molar-refractivity contribution in [3.8, 4) is 11.4 Å². The molecule has 4 rings (SSSR count). The molecule has 142 valence electrons. The Hall–Kier alpha value is -3.40. The lowest BCUT2D eigenvalue weighted by atomic mass is 10.2. The number of alkyl halides is 2. The van der Waals surface area contributed by atoms with Crippen LogP contribution in [-0.4, -0.2) is 23.5 Å². The Morgan fingerprint density at radius 3 is 2.50 bits per heavy atom. The maximum Gasteiger partial charge on any atom is 0.315 e. The number of hydrogen-bond acceptors (Lipinski definition) is 6. The fourth-order valence-electron chi connectivity index (χ4n) is 2.65. The smallest absolute Gasteiger partial charge is 0.315 e. The molecular weight excluding hydrogens is 390 g/mol. The number of hydrogen-bond donors (Lipinski definition) is 1. The predicted molar refractivity (Wildman–Crippen MR) is 97.2 cm³/mol. The average Bonchev–Trinajstić information content (AvgIpc) is 3.18. The van der Waals surface area contributed by atoms with Crippen molar-refractivity contribution in [3.05, 3.63) is 66.7 Å². The third kappa shape index (κ3) is 3.41. The van der Waals surface area contributed by atoms with Gasteiger partial charge in [-0.1, -0.05) is 11.2 Å². The minimum Gasteiger partial charge on any atom is -0.333 e. The van der Waals surface area contributed by atoms with Crippen molar-refractivity contribution < 1.29 is 21.7 Å². The molecule has 0 saturated carbocycles. The molecule has 0 unspecified atom stereocenters. The number of sulfonamides is 1. The Bertz CT molecular complexity index is 1240. The first-order valence-corrected chi connectivity index (χ1v) is 9.51. The van der Waals surface area contributed by atoms with E-state index in [4.69, 9.17) is 0 Å². The summed E-state index contributed by atoms with van der Waals surface area (Å²) >= 11 is 0. The van der Waals surface area contributed by atoms with Crippen molar-refractivity contribution in [1.82, 2.24) is 15.1 Å². The summed E-state index contributed by atoms with van der Waals surface area (Å²) in [6.07, 6.45) is -1.27. The van der Waals surface area contributed by atoms with E-state index in [1.807, 2.05) is 0 Å². The van der Waals surface area contributed by atoms with Crippen LogP contribution in [0.1, 0.15) is 12.3 Å². The molecule has 0 bridgehead atoms. The number of benzene rings is 2. The minimum atomic E-state index is -3.86. The molecule has 7 nitrogen and oxygen atoms in total. The lowest BCUT2D eigenvalue weighted by Crippen LogP contribution is -2.13. The van der Waals surface area contributed by atoms with E-state index in [-0.39, 0.29) is 10.7 Å². The van der Waals surface area contributed by atoms with Gasteiger partial charge in [-0.2, -0.15) is 13.8 Å². The third-order valence-corrected chi connectivity index (χ3v) is 5.36. The van der Waals surface area contributed by atoms with Crippen molar-refractivity contribution in [1.29, 1.82) is 0 Å². The van der Waals surface area contributed by atoms with Crippen LogP contribution in [0, 0.1) is 0 Å². The van der Waals surface area contributed by atoms with Crippen LogP contribution in [0.2, 0.25) is 0 Å². The molecular formula is C18H12F2N4O3S. The van der Waals surface area contributed by atoms with Crippen LogP contribution in [0.4, 0.5) is 14.5 Å². The molecule has 0 saturated heterocycles. The van der Waals surface area contributed by atoms with E-state index in [2.05, 4.69) is 24.4 Å². The Morgan fingerprint density at radius 1 is 1.00 bits per heavy atom. The van der Waals surface area contributed by atoms with E-state index < -0.39 is 22.3 Å². The fourth-order valence-corrected chi connectivity index (χ4v) is 3.92. The van der Waals surface area contributed by atoms with Crippen molar-refractivity contribution in [2.24, 2.45) is 0 Å². The Morgan fingerprint density at radius 2 is 1.79 bits per heavy atom. The van der Waals surface area contributed by atoms with Crippen LogP contribution in [0.5, 0.6) is 0 Å². The molecule has 0 fully saturated rings. The van der Waals surface area contributed by atoms with Crippen LogP contribution in [-0.2, 0) is 10.0 Å². The summed E-state index contributed by atoms with van der Waals surface area (Å²) in [5.41, 5.74) is 1.27. The summed E-state index contributed by atoms with van der Waals surface area (Å²) in [6.45, 7) is 0. The van der Waals surface area contributed by atoms with E-state index in [9.17, 15) is 17.2 Å². The van der Waals surface area contributed by atoms with Gasteiger partial charge >= 0.3 is 6.43 Å². The summed E-state index contributed by atoms with van der Waals surface area (Å²) in [4.78, 5) is 7.85. The van der Waals surface area contributed by atoms with Gasteiger partial charge in [-0.15, -0.1) is 0 Å². The molecule has 0 amide bonds. The topological polar surface area (TPSA) is 98.0 Å². The second-order valence-corrected chi connectivity index (χ2v) is 7.42. The normalized spacial score (nSPS) is 11.8. The minimum absolute atomic E-state index is 0.00941. The van der Waals surface area contributed by atoms with E-state index in [0.717, 1.165) is 0 Å². The van der Waals surface area contributed by atoms with Crippen LogP contribution >= 0.6 is 0 Å². The molecule has 0 atom stereocenters. The predicted octanol–water partition coefficient (Wildman–Crippen LogP) is 4.02. The van der Waals surface area contributed by atoms with E-state index in [1.54, 1.807) is 30.5 Å². The second kappa shape index (κ2) is 6.97. The number of halogens is 2. The van der Waals surface area contributed by atoms with Crippen molar-refractivity contribution in [2.75, 3.05) is 4.72 Å². The molecule has 1 N–H and O–H groups in total. The van der Waals surface area contributed by atoms with Gasteiger partial charge in [0, 0.05) is 22.8 Å². The Balaban J connectivity index is 1.61. The van der Waals surface area contributed by atoms with E-state index in [1.165, 1.54) is 30.3 Å².